The maximum Gasteiger partial charge on any atom is 0.221 e. The third-order valence-electron chi connectivity index (χ3n) is 4.02. The van der Waals surface area contributed by atoms with Crippen LogP contribution in [0.15, 0.2) is 12.1 Å². The smallest absolute Gasteiger partial charge is 0.221 e. The molecule has 0 aliphatic carbocycles. The number of amides is 1. The van der Waals surface area contributed by atoms with E-state index in [0.29, 0.717) is 19.0 Å². The number of hydrogen-bond donors (Lipinski definition) is 2. The van der Waals surface area contributed by atoms with E-state index in [2.05, 4.69) is 43.5 Å². The standard InChI is InChI=1S/C16H24N2O/c1-11-7-13(3)14(8-12(11)2)10-18-16(19)9-15-5-4-6-17-15/h7-8,15,17H,4-6,9-10H2,1-3H3,(H,18,19). The Balaban J connectivity index is 1.87. The van der Waals surface area contributed by atoms with E-state index in [9.17, 15) is 4.79 Å². The molecule has 3 nitrogen and oxygen atoms in total. The molecule has 3 heteroatoms. The minimum Gasteiger partial charge on any atom is -0.352 e. The summed E-state index contributed by atoms with van der Waals surface area (Å²) >= 11 is 0. The molecule has 0 spiro atoms. The number of hydrogen-bond acceptors (Lipinski definition) is 2. The second-order valence-corrected chi connectivity index (χ2v) is 5.64. The number of nitrogens with one attached hydrogen (secondary N) is 2. The summed E-state index contributed by atoms with van der Waals surface area (Å²) in [6.45, 7) is 8.03. The highest BCUT2D eigenvalue weighted by Crippen LogP contribution is 2.15. The quantitative estimate of drug-likeness (QED) is 0.872. The molecule has 1 aromatic rings. The van der Waals surface area contributed by atoms with E-state index in [4.69, 9.17) is 0 Å². The van der Waals surface area contributed by atoms with E-state index in [-0.39, 0.29) is 5.91 Å². The summed E-state index contributed by atoms with van der Waals surface area (Å²) in [6.07, 6.45) is 2.91. The first-order valence-electron chi connectivity index (χ1n) is 7.13. The van der Waals surface area contributed by atoms with E-state index in [1.165, 1.54) is 28.7 Å². The summed E-state index contributed by atoms with van der Waals surface area (Å²) in [5.74, 6) is 0.150. The molecule has 1 saturated heterocycles. The summed E-state index contributed by atoms with van der Waals surface area (Å²) in [5.41, 5.74) is 5.06. The van der Waals surface area contributed by atoms with E-state index in [1.54, 1.807) is 0 Å². The van der Waals surface area contributed by atoms with Crippen LogP contribution in [0.4, 0.5) is 0 Å². The lowest BCUT2D eigenvalue weighted by molar-refractivity contribution is -0.121. The van der Waals surface area contributed by atoms with Crippen LogP contribution in [-0.2, 0) is 11.3 Å². The number of carbonyl (C=O) groups excluding carboxylic acids is 1. The van der Waals surface area contributed by atoms with Gasteiger partial charge in [-0.25, -0.2) is 0 Å². The van der Waals surface area contributed by atoms with Crippen molar-refractivity contribution in [2.75, 3.05) is 6.54 Å². The van der Waals surface area contributed by atoms with Gasteiger partial charge in [0.2, 0.25) is 5.91 Å². The molecule has 19 heavy (non-hydrogen) atoms. The van der Waals surface area contributed by atoms with Gasteiger partial charge < -0.3 is 10.6 Å². The Bertz CT molecular complexity index is 462. The number of carbonyl (C=O) groups is 1. The second-order valence-electron chi connectivity index (χ2n) is 5.64. The molecule has 1 aliphatic rings. The van der Waals surface area contributed by atoms with Gasteiger partial charge in [-0.15, -0.1) is 0 Å². The molecular weight excluding hydrogens is 236 g/mol. The van der Waals surface area contributed by atoms with Gasteiger partial charge in [-0.05, 0) is 62.4 Å². The Hall–Kier alpha value is -1.35. The summed E-state index contributed by atoms with van der Waals surface area (Å²) in [5, 5.41) is 6.39. The minimum atomic E-state index is 0.150. The lowest BCUT2D eigenvalue weighted by Crippen LogP contribution is -2.31. The third-order valence-corrected chi connectivity index (χ3v) is 4.02. The highest BCUT2D eigenvalue weighted by atomic mass is 16.1. The van der Waals surface area contributed by atoms with Crippen LogP contribution < -0.4 is 10.6 Å². The fourth-order valence-corrected chi connectivity index (χ4v) is 2.63. The normalized spacial score (nSPS) is 18.6. The largest absolute Gasteiger partial charge is 0.352 e. The number of aryl methyl sites for hydroxylation is 3. The van der Waals surface area contributed by atoms with Crippen molar-refractivity contribution >= 4 is 5.91 Å². The molecule has 1 heterocycles. The van der Waals surface area contributed by atoms with Crippen molar-refractivity contribution in [1.29, 1.82) is 0 Å². The monoisotopic (exact) mass is 260 g/mol. The van der Waals surface area contributed by atoms with Gasteiger partial charge in [0.25, 0.3) is 0 Å². The number of rotatable bonds is 4. The highest BCUT2D eigenvalue weighted by Gasteiger charge is 2.17. The van der Waals surface area contributed by atoms with Crippen LogP contribution >= 0.6 is 0 Å². The Morgan fingerprint density at radius 2 is 2.00 bits per heavy atom. The van der Waals surface area contributed by atoms with Crippen molar-refractivity contribution in [2.24, 2.45) is 0 Å². The van der Waals surface area contributed by atoms with Crippen LogP contribution in [0.1, 0.15) is 41.5 Å². The van der Waals surface area contributed by atoms with Crippen LogP contribution in [0.25, 0.3) is 0 Å². The molecule has 1 unspecified atom stereocenters. The van der Waals surface area contributed by atoms with E-state index < -0.39 is 0 Å². The summed E-state index contributed by atoms with van der Waals surface area (Å²) < 4.78 is 0. The van der Waals surface area contributed by atoms with Crippen LogP contribution in [0.2, 0.25) is 0 Å². The zero-order chi connectivity index (χ0) is 13.8. The fourth-order valence-electron chi connectivity index (χ4n) is 2.63. The Morgan fingerprint density at radius 1 is 1.26 bits per heavy atom. The molecular formula is C16H24N2O. The van der Waals surface area contributed by atoms with E-state index in [0.717, 1.165) is 13.0 Å². The Labute approximate surface area is 115 Å². The first-order valence-corrected chi connectivity index (χ1v) is 7.13. The molecule has 1 amide bonds. The van der Waals surface area contributed by atoms with Crippen LogP contribution in [0, 0.1) is 20.8 Å². The van der Waals surface area contributed by atoms with Gasteiger partial charge in [0.15, 0.2) is 0 Å². The van der Waals surface area contributed by atoms with Gasteiger partial charge in [0.05, 0.1) is 0 Å². The maximum atomic E-state index is 11.9. The lowest BCUT2D eigenvalue weighted by atomic mass is 10.0. The van der Waals surface area contributed by atoms with Gasteiger partial charge in [-0.1, -0.05) is 12.1 Å². The van der Waals surface area contributed by atoms with Crippen LogP contribution in [-0.4, -0.2) is 18.5 Å². The second kappa shape index (κ2) is 6.20. The zero-order valence-electron chi connectivity index (χ0n) is 12.2. The van der Waals surface area contributed by atoms with Gasteiger partial charge >= 0.3 is 0 Å². The number of benzene rings is 1. The third kappa shape index (κ3) is 3.80. The van der Waals surface area contributed by atoms with Crippen molar-refractivity contribution in [3.8, 4) is 0 Å². The highest BCUT2D eigenvalue weighted by molar-refractivity contribution is 5.76. The molecule has 2 rings (SSSR count). The predicted molar refractivity (Wildman–Crippen MR) is 78.1 cm³/mol. The fraction of sp³-hybridized carbons (Fsp3) is 0.562. The maximum absolute atomic E-state index is 11.9. The van der Waals surface area contributed by atoms with Crippen LogP contribution in [0.5, 0.6) is 0 Å². The SMILES string of the molecule is Cc1cc(C)c(CNC(=O)CC2CCCN2)cc1C. The minimum absolute atomic E-state index is 0.150. The summed E-state index contributed by atoms with van der Waals surface area (Å²) in [4.78, 5) is 11.9. The molecule has 0 saturated carbocycles. The van der Waals surface area contributed by atoms with Crippen molar-refractivity contribution in [3.05, 3.63) is 34.4 Å². The molecule has 1 fully saturated rings. The van der Waals surface area contributed by atoms with Crippen molar-refractivity contribution in [1.82, 2.24) is 10.6 Å². The van der Waals surface area contributed by atoms with E-state index in [1.807, 2.05) is 0 Å². The lowest BCUT2D eigenvalue weighted by Gasteiger charge is -2.13. The van der Waals surface area contributed by atoms with Crippen LogP contribution in [0.3, 0.4) is 0 Å². The average Bonchev–Trinajstić information content (AvgIpc) is 2.85. The Morgan fingerprint density at radius 3 is 2.68 bits per heavy atom. The average molecular weight is 260 g/mol. The van der Waals surface area contributed by atoms with E-state index >= 15 is 0 Å². The Kier molecular flexibility index (Phi) is 4.59. The zero-order valence-corrected chi connectivity index (χ0v) is 12.2. The topological polar surface area (TPSA) is 41.1 Å². The van der Waals surface area contributed by atoms with Gasteiger partial charge in [0.1, 0.15) is 0 Å². The molecule has 0 aromatic heterocycles. The first-order chi connectivity index (χ1) is 9.06. The van der Waals surface area contributed by atoms with Gasteiger partial charge in [-0.3, -0.25) is 4.79 Å². The van der Waals surface area contributed by atoms with Gasteiger partial charge in [-0.2, -0.15) is 0 Å². The summed E-state index contributed by atoms with van der Waals surface area (Å²) in [7, 11) is 0. The first kappa shape index (κ1) is 14.1. The molecule has 0 radical (unpaired) electrons. The van der Waals surface area contributed by atoms with Gasteiger partial charge in [0, 0.05) is 19.0 Å². The molecule has 104 valence electrons. The molecule has 1 aliphatic heterocycles. The molecule has 2 N–H and O–H groups in total. The molecule has 1 aromatic carbocycles. The molecule has 1 atom stereocenters. The van der Waals surface area contributed by atoms with Crippen molar-refractivity contribution < 1.29 is 4.79 Å². The summed E-state index contributed by atoms with van der Waals surface area (Å²) in [6, 6.07) is 4.74. The predicted octanol–water partition coefficient (Wildman–Crippen LogP) is 2.37. The van der Waals surface area contributed by atoms with Crippen molar-refractivity contribution in [3.63, 3.8) is 0 Å². The van der Waals surface area contributed by atoms with Crippen molar-refractivity contribution in [2.45, 2.75) is 52.6 Å². The molecule has 0 bridgehead atoms.